The van der Waals surface area contributed by atoms with Gasteiger partial charge in [0, 0.05) is 11.4 Å². The molecule has 1 aromatic carbocycles. The van der Waals surface area contributed by atoms with Crippen molar-refractivity contribution in [3.05, 3.63) is 24.3 Å². The smallest absolute Gasteiger partial charge is 0.259 e. The molecule has 0 unspecified atom stereocenters. The number of hydrogen-bond acceptors (Lipinski definition) is 4. The minimum atomic E-state index is -0.165. The second-order valence-corrected chi connectivity index (χ2v) is 4.05. The summed E-state index contributed by atoms with van der Waals surface area (Å²) < 4.78 is 5.34. The summed E-state index contributed by atoms with van der Waals surface area (Å²) in [5.74, 6) is 0.655. The quantitative estimate of drug-likeness (QED) is 0.586. The van der Waals surface area contributed by atoms with E-state index in [2.05, 4.69) is 15.8 Å². The van der Waals surface area contributed by atoms with E-state index in [0.29, 0.717) is 6.61 Å². The Bertz CT molecular complexity index is 427. The van der Waals surface area contributed by atoms with Crippen LogP contribution in [0.1, 0.15) is 27.2 Å². The van der Waals surface area contributed by atoms with Crippen molar-refractivity contribution in [2.24, 2.45) is 5.10 Å². The molecule has 0 aliphatic carbocycles. The van der Waals surface area contributed by atoms with Crippen LogP contribution in [0, 0.1) is 0 Å². The number of hydrogen-bond donors (Lipinski definition) is 2. The average molecular weight is 263 g/mol. The first kappa shape index (κ1) is 15.0. The molecule has 1 aromatic rings. The highest BCUT2D eigenvalue weighted by Crippen LogP contribution is 2.15. The van der Waals surface area contributed by atoms with Crippen molar-refractivity contribution in [3.63, 3.8) is 0 Å². The van der Waals surface area contributed by atoms with Crippen molar-refractivity contribution in [1.82, 2.24) is 5.43 Å². The number of nitrogens with zero attached hydrogens (tertiary/aromatic N) is 1. The highest BCUT2D eigenvalue weighted by molar-refractivity contribution is 5.85. The number of amides is 1. The van der Waals surface area contributed by atoms with Crippen LogP contribution in [0.25, 0.3) is 0 Å². The Kier molecular flexibility index (Phi) is 6.43. The molecular weight excluding hydrogens is 242 g/mol. The topological polar surface area (TPSA) is 62.7 Å². The monoisotopic (exact) mass is 263 g/mol. The molecule has 0 saturated carbocycles. The van der Waals surface area contributed by atoms with Gasteiger partial charge >= 0.3 is 0 Å². The van der Waals surface area contributed by atoms with E-state index in [4.69, 9.17) is 4.74 Å². The van der Waals surface area contributed by atoms with Crippen LogP contribution in [-0.4, -0.2) is 24.8 Å². The van der Waals surface area contributed by atoms with Crippen LogP contribution in [0.2, 0.25) is 0 Å². The Labute approximate surface area is 114 Å². The lowest BCUT2D eigenvalue weighted by Crippen LogP contribution is -2.26. The molecule has 0 radical (unpaired) electrons. The fourth-order valence-corrected chi connectivity index (χ4v) is 1.29. The summed E-state index contributed by atoms with van der Waals surface area (Å²) in [5.41, 5.74) is 4.26. The molecule has 5 heteroatoms. The van der Waals surface area contributed by atoms with Gasteiger partial charge in [-0.2, -0.15) is 5.10 Å². The number of ether oxygens (including phenoxy) is 1. The fraction of sp³-hybridized carbons (Fsp3) is 0.429. The van der Waals surface area contributed by atoms with E-state index in [0.717, 1.165) is 23.6 Å². The van der Waals surface area contributed by atoms with Crippen molar-refractivity contribution in [3.8, 4) is 5.75 Å². The van der Waals surface area contributed by atoms with Gasteiger partial charge in [-0.25, -0.2) is 5.43 Å². The van der Waals surface area contributed by atoms with E-state index >= 15 is 0 Å². The highest BCUT2D eigenvalue weighted by Gasteiger charge is 2.00. The lowest BCUT2D eigenvalue weighted by molar-refractivity contribution is -0.119. The van der Waals surface area contributed by atoms with Gasteiger partial charge in [0.15, 0.2) is 0 Å². The number of rotatable bonds is 7. The summed E-state index contributed by atoms with van der Waals surface area (Å²) in [5, 5.41) is 6.97. The Morgan fingerprint density at radius 2 is 1.95 bits per heavy atom. The maximum atomic E-state index is 11.5. The van der Waals surface area contributed by atoms with Crippen LogP contribution in [0.3, 0.4) is 0 Å². The predicted octanol–water partition coefficient (Wildman–Crippen LogP) is 2.40. The molecule has 0 heterocycles. The summed E-state index contributed by atoms with van der Waals surface area (Å²) in [4.78, 5) is 11.5. The van der Waals surface area contributed by atoms with Gasteiger partial charge < -0.3 is 10.1 Å². The Morgan fingerprint density at radius 3 is 2.53 bits per heavy atom. The van der Waals surface area contributed by atoms with Gasteiger partial charge in [-0.05, 0) is 44.5 Å². The first-order chi connectivity index (χ1) is 9.15. The van der Waals surface area contributed by atoms with Gasteiger partial charge in [-0.1, -0.05) is 6.92 Å². The third kappa shape index (κ3) is 5.90. The molecule has 104 valence electrons. The average Bonchev–Trinajstić information content (AvgIpc) is 2.44. The van der Waals surface area contributed by atoms with Gasteiger partial charge in [0.05, 0.1) is 13.2 Å². The molecule has 1 amide bonds. The summed E-state index contributed by atoms with van der Waals surface area (Å²) in [7, 11) is 0. The lowest BCUT2D eigenvalue weighted by atomic mass is 10.3. The number of benzene rings is 1. The van der Waals surface area contributed by atoms with E-state index in [1.54, 1.807) is 0 Å². The van der Waals surface area contributed by atoms with Crippen LogP contribution in [-0.2, 0) is 4.79 Å². The lowest BCUT2D eigenvalue weighted by Gasteiger charge is -2.07. The van der Waals surface area contributed by atoms with E-state index in [9.17, 15) is 4.79 Å². The molecule has 19 heavy (non-hydrogen) atoms. The SMILES string of the molecule is CCOc1ccc(NCC(=O)N/N=C(\C)CC)cc1. The normalized spacial score (nSPS) is 11.0. The molecule has 5 nitrogen and oxygen atoms in total. The Balaban J connectivity index is 2.37. The van der Waals surface area contributed by atoms with E-state index in [1.807, 2.05) is 45.0 Å². The first-order valence-electron chi connectivity index (χ1n) is 6.44. The van der Waals surface area contributed by atoms with Crippen LogP contribution in [0.5, 0.6) is 5.75 Å². The van der Waals surface area contributed by atoms with Gasteiger partial charge in [-0.15, -0.1) is 0 Å². The van der Waals surface area contributed by atoms with Gasteiger partial charge in [-0.3, -0.25) is 4.79 Å². The third-order valence-corrected chi connectivity index (χ3v) is 2.50. The maximum Gasteiger partial charge on any atom is 0.259 e. The molecular formula is C14H21N3O2. The maximum absolute atomic E-state index is 11.5. The molecule has 0 saturated heterocycles. The van der Waals surface area contributed by atoms with E-state index < -0.39 is 0 Å². The highest BCUT2D eigenvalue weighted by atomic mass is 16.5. The summed E-state index contributed by atoms with van der Waals surface area (Å²) >= 11 is 0. The fourth-order valence-electron chi connectivity index (χ4n) is 1.29. The largest absolute Gasteiger partial charge is 0.494 e. The predicted molar refractivity (Wildman–Crippen MR) is 77.6 cm³/mol. The van der Waals surface area contributed by atoms with Crippen LogP contribution in [0.15, 0.2) is 29.4 Å². The molecule has 0 aliphatic rings. The zero-order valence-electron chi connectivity index (χ0n) is 11.7. The second-order valence-electron chi connectivity index (χ2n) is 4.05. The number of carbonyl (C=O) groups excluding carboxylic acids is 1. The van der Waals surface area contributed by atoms with Crippen molar-refractivity contribution in [2.45, 2.75) is 27.2 Å². The van der Waals surface area contributed by atoms with Crippen LogP contribution in [0.4, 0.5) is 5.69 Å². The number of hydrazone groups is 1. The molecule has 0 bridgehead atoms. The summed E-state index contributed by atoms with van der Waals surface area (Å²) in [6.45, 7) is 6.64. The van der Waals surface area contributed by atoms with Gasteiger partial charge in [0.2, 0.25) is 0 Å². The molecule has 2 N–H and O–H groups in total. The van der Waals surface area contributed by atoms with Crippen molar-refractivity contribution in [1.29, 1.82) is 0 Å². The van der Waals surface area contributed by atoms with Crippen LogP contribution >= 0.6 is 0 Å². The van der Waals surface area contributed by atoms with Crippen LogP contribution < -0.4 is 15.5 Å². The summed E-state index contributed by atoms with van der Waals surface area (Å²) in [6, 6.07) is 7.48. The van der Waals surface area contributed by atoms with E-state index in [1.165, 1.54) is 0 Å². The third-order valence-electron chi connectivity index (χ3n) is 2.50. The molecule has 0 fully saturated rings. The molecule has 0 atom stereocenters. The van der Waals surface area contributed by atoms with Crippen molar-refractivity contribution in [2.75, 3.05) is 18.5 Å². The Morgan fingerprint density at radius 1 is 1.26 bits per heavy atom. The minimum absolute atomic E-state index is 0.165. The van der Waals surface area contributed by atoms with E-state index in [-0.39, 0.29) is 12.5 Å². The second kappa shape index (κ2) is 8.13. The molecule has 0 aliphatic heterocycles. The van der Waals surface area contributed by atoms with Crippen molar-refractivity contribution >= 4 is 17.3 Å². The van der Waals surface area contributed by atoms with Crippen molar-refractivity contribution < 1.29 is 9.53 Å². The minimum Gasteiger partial charge on any atom is -0.494 e. The van der Waals surface area contributed by atoms with Gasteiger partial charge in [0.1, 0.15) is 5.75 Å². The molecule has 1 rings (SSSR count). The van der Waals surface area contributed by atoms with Gasteiger partial charge in [0.25, 0.3) is 5.91 Å². The zero-order chi connectivity index (χ0) is 14.1. The zero-order valence-corrected chi connectivity index (χ0v) is 11.7. The molecule has 0 spiro atoms. The molecule has 0 aromatic heterocycles. The number of carbonyl (C=O) groups is 1. The summed E-state index contributed by atoms with van der Waals surface area (Å²) in [6.07, 6.45) is 0.826. The number of anilines is 1. The number of nitrogens with one attached hydrogen (secondary N) is 2. The first-order valence-corrected chi connectivity index (χ1v) is 6.44. The Hall–Kier alpha value is -2.04. The standard InChI is InChI=1S/C14H21N3O2/c1-4-11(3)16-17-14(18)10-15-12-6-8-13(9-7-12)19-5-2/h6-9,15H,4-5,10H2,1-3H3,(H,17,18)/b16-11+.